The molecule has 0 aromatic carbocycles. The predicted molar refractivity (Wildman–Crippen MR) is 58.2 cm³/mol. The van der Waals surface area contributed by atoms with E-state index in [1.165, 1.54) is 7.11 Å². The summed E-state index contributed by atoms with van der Waals surface area (Å²) >= 11 is 0. The van der Waals surface area contributed by atoms with Crippen molar-refractivity contribution in [2.24, 2.45) is 0 Å². The Kier molecular flexibility index (Phi) is 3.22. The number of pyridine rings is 1. The van der Waals surface area contributed by atoms with E-state index in [9.17, 15) is 5.11 Å². The van der Waals surface area contributed by atoms with Crippen LogP contribution in [0, 0.1) is 0 Å². The fourth-order valence-electron chi connectivity index (χ4n) is 1.57. The van der Waals surface area contributed by atoms with Gasteiger partial charge in [0.2, 0.25) is 5.88 Å². The lowest BCUT2D eigenvalue weighted by Crippen LogP contribution is -2.04. The van der Waals surface area contributed by atoms with Gasteiger partial charge >= 0.3 is 0 Å². The number of aromatic nitrogens is 1. The minimum atomic E-state index is -0.638. The summed E-state index contributed by atoms with van der Waals surface area (Å²) in [6.45, 7) is 0. The average Bonchev–Trinajstić information content (AvgIpc) is 2.81. The van der Waals surface area contributed by atoms with Gasteiger partial charge in [0.15, 0.2) is 0 Å². The monoisotopic (exact) mass is 219 g/mol. The molecular weight excluding hydrogens is 206 g/mol. The van der Waals surface area contributed by atoms with E-state index in [1.54, 1.807) is 30.9 Å². The molecule has 0 spiro atoms. The van der Waals surface area contributed by atoms with E-state index in [-0.39, 0.29) is 0 Å². The molecule has 0 saturated carbocycles. The van der Waals surface area contributed by atoms with Gasteiger partial charge in [-0.25, -0.2) is 4.98 Å². The van der Waals surface area contributed by atoms with Crippen LogP contribution in [-0.4, -0.2) is 17.2 Å². The summed E-state index contributed by atoms with van der Waals surface area (Å²) in [4.78, 5) is 4.04. The Hall–Kier alpha value is -1.81. The molecule has 2 heterocycles. The van der Waals surface area contributed by atoms with E-state index in [1.807, 2.05) is 6.07 Å². The van der Waals surface area contributed by atoms with Crippen molar-refractivity contribution in [2.75, 3.05) is 7.11 Å². The van der Waals surface area contributed by atoms with Crippen LogP contribution in [0.3, 0.4) is 0 Å². The Morgan fingerprint density at radius 3 is 3.06 bits per heavy atom. The molecule has 0 saturated heterocycles. The van der Waals surface area contributed by atoms with Gasteiger partial charge in [-0.1, -0.05) is 0 Å². The Morgan fingerprint density at radius 1 is 1.50 bits per heavy atom. The van der Waals surface area contributed by atoms with Crippen molar-refractivity contribution in [2.45, 2.75) is 12.5 Å². The molecule has 2 aromatic rings. The van der Waals surface area contributed by atoms with Gasteiger partial charge in [0.05, 0.1) is 25.7 Å². The van der Waals surface area contributed by atoms with Crippen molar-refractivity contribution in [3.05, 3.63) is 48.0 Å². The fourth-order valence-corrected chi connectivity index (χ4v) is 1.57. The van der Waals surface area contributed by atoms with Gasteiger partial charge in [0.1, 0.15) is 0 Å². The van der Waals surface area contributed by atoms with Crippen molar-refractivity contribution >= 4 is 0 Å². The number of nitrogens with zero attached hydrogens (tertiary/aromatic N) is 1. The van der Waals surface area contributed by atoms with E-state index in [2.05, 4.69) is 4.98 Å². The van der Waals surface area contributed by atoms with Gasteiger partial charge in [0, 0.05) is 18.2 Å². The van der Waals surface area contributed by atoms with Crippen molar-refractivity contribution in [3.63, 3.8) is 0 Å². The van der Waals surface area contributed by atoms with E-state index in [0.29, 0.717) is 17.9 Å². The highest BCUT2D eigenvalue weighted by Crippen LogP contribution is 2.25. The summed E-state index contributed by atoms with van der Waals surface area (Å²) in [6.07, 6.45) is 4.68. The van der Waals surface area contributed by atoms with E-state index >= 15 is 0 Å². The molecule has 0 aliphatic rings. The molecular formula is C12H13NO3. The second-order valence-electron chi connectivity index (χ2n) is 3.45. The summed E-state index contributed by atoms with van der Waals surface area (Å²) in [5.41, 5.74) is 1.63. The molecule has 1 unspecified atom stereocenters. The minimum Gasteiger partial charge on any atom is -0.481 e. The maximum Gasteiger partial charge on any atom is 0.218 e. The maximum absolute atomic E-state index is 10.0. The van der Waals surface area contributed by atoms with Crippen molar-refractivity contribution < 1.29 is 14.3 Å². The second-order valence-corrected chi connectivity index (χ2v) is 3.45. The smallest absolute Gasteiger partial charge is 0.218 e. The van der Waals surface area contributed by atoms with Crippen LogP contribution >= 0.6 is 0 Å². The molecule has 0 radical (unpaired) electrons. The molecule has 16 heavy (non-hydrogen) atoms. The number of hydrogen-bond donors (Lipinski definition) is 1. The lowest BCUT2D eigenvalue weighted by Gasteiger charge is -2.12. The van der Waals surface area contributed by atoms with Crippen LogP contribution < -0.4 is 4.74 Å². The van der Waals surface area contributed by atoms with Gasteiger partial charge in [-0.05, 0) is 23.8 Å². The molecule has 0 fully saturated rings. The molecule has 1 atom stereocenters. The molecule has 2 rings (SSSR count). The number of furan rings is 1. The highest BCUT2D eigenvalue weighted by molar-refractivity contribution is 5.29. The fraction of sp³-hybridized carbons (Fsp3) is 0.250. The number of aliphatic hydroxyl groups excluding tert-OH is 1. The normalized spacial score (nSPS) is 12.4. The van der Waals surface area contributed by atoms with Crippen LogP contribution in [0.5, 0.6) is 5.88 Å². The van der Waals surface area contributed by atoms with Crippen LogP contribution in [0.2, 0.25) is 0 Å². The van der Waals surface area contributed by atoms with Crippen LogP contribution in [0.15, 0.2) is 41.3 Å². The maximum atomic E-state index is 10.0. The third kappa shape index (κ3) is 2.23. The molecule has 4 nitrogen and oxygen atoms in total. The Labute approximate surface area is 93.5 Å². The zero-order valence-corrected chi connectivity index (χ0v) is 8.96. The molecule has 1 N–H and O–H groups in total. The zero-order valence-electron chi connectivity index (χ0n) is 8.96. The van der Waals surface area contributed by atoms with E-state index < -0.39 is 6.10 Å². The van der Waals surface area contributed by atoms with Gasteiger partial charge in [-0.2, -0.15) is 0 Å². The SMILES string of the molecule is COc1ncccc1C(O)Cc1ccoc1. The van der Waals surface area contributed by atoms with Crippen LogP contribution in [0.25, 0.3) is 0 Å². The first-order chi connectivity index (χ1) is 7.81. The number of hydrogen-bond acceptors (Lipinski definition) is 4. The van der Waals surface area contributed by atoms with Gasteiger partial charge < -0.3 is 14.3 Å². The standard InChI is InChI=1S/C12H13NO3/c1-15-12-10(3-2-5-13-12)11(14)7-9-4-6-16-8-9/h2-6,8,11,14H,7H2,1H3. The second kappa shape index (κ2) is 4.81. The number of methoxy groups -OCH3 is 1. The van der Waals surface area contributed by atoms with Crippen LogP contribution in [0.4, 0.5) is 0 Å². The first-order valence-corrected chi connectivity index (χ1v) is 4.99. The first kappa shape index (κ1) is 10.7. The summed E-state index contributed by atoms with van der Waals surface area (Å²) in [5, 5.41) is 10.0. The summed E-state index contributed by atoms with van der Waals surface area (Å²) in [7, 11) is 1.54. The highest BCUT2D eigenvalue weighted by atomic mass is 16.5. The molecule has 4 heteroatoms. The molecule has 0 aliphatic heterocycles. The topological polar surface area (TPSA) is 55.5 Å². The summed E-state index contributed by atoms with van der Waals surface area (Å²) < 4.78 is 10.0. The Bertz CT molecular complexity index is 439. The molecule has 84 valence electrons. The highest BCUT2D eigenvalue weighted by Gasteiger charge is 2.14. The Balaban J connectivity index is 2.17. The minimum absolute atomic E-state index is 0.457. The van der Waals surface area contributed by atoms with Crippen LogP contribution in [-0.2, 0) is 6.42 Å². The summed E-state index contributed by atoms with van der Waals surface area (Å²) in [6, 6.07) is 5.40. The van der Waals surface area contributed by atoms with Crippen molar-refractivity contribution in [1.29, 1.82) is 0 Å². The molecule has 0 aliphatic carbocycles. The van der Waals surface area contributed by atoms with Gasteiger partial charge in [0.25, 0.3) is 0 Å². The largest absolute Gasteiger partial charge is 0.481 e. The van der Waals surface area contributed by atoms with Crippen molar-refractivity contribution in [1.82, 2.24) is 4.98 Å². The van der Waals surface area contributed by atoms with Gasteiger partial charge in [-0.3, -0.25) is 0 Å². The average molecular weight is 219 g/mol. The summed E-state index contributed by atoms with van der Waals surface area (Å²) in [5.74, 6) is 0.457. The third-order valence-corrected chi connectivity index (χ3v) is 2.36. The predicted octanol–water partition coefficient (Wildman–Crippen LogP) is 1.96. The Morgan fingerprint density at radius 2 is 2.38 bits per heavy atom. The number of ether oxygens (including phenoxy) is 1. The number of aliphatic hydroxyl groups is 1. The quantitative estimate of drug-likeness (QED) is 0.854. The van der Waals surface area contributed by atoms with Gasteiger partial charge in [-0.15, -0.1) is 0 Å². The van der Waals surface area contributed by atoms with E-state index in [4.69, 9.17) is 9.15 Å². The lowest BCUT2D eigenvalue weighted by molar-refractivity contribution is 0.172. The first-order valence-electron chi connectivity index (χ1n) is 4.99. The zero-order chi connectivity index (χ0) is 11.4. The molecule has 0 bridgehead atoms. The lowest BCUT2D eigenvalue weighted by atomic mass is 10.0. The number of rotatable bonds is 4. The van der Waals surface area contributed by atoms with Crippen LogP contribution in [0.1, 0.15) is 17.2 Å². The third-order valence-electron chi connectivity index (χ3n) is 2.36. The van der Waals surface area contributed by atoms with Crippen molar-refractivity contribution in [3.8, 4) is 5.88 Å². The van der Waals surface area contributed by atoms with E-state index in [0.717, 1.165) is 5.56 Å². The molecule has 0 amide bonds. The molecule has 2 aromatic heterocycles.